The first-order valence-corrected chi connectivity index (χ1v) is 9.26. The molecule has 1 aromatic heterocycles. The third-order valence-electron chi connectivity index (χ3n) is 4.26. The maximum atomic E-state index is 13.0. The van der Waals surface area contributed by atoms with Gasteiger partial charge < -0.3 is 14.7 Å². The van der Waals surface area contributed by atoms with Crippen LogP contribution in [0.2, 0.25) is 0 Å². The fourth-order valence-electron chi connectivity index (χ4n) is 2.81. The SMILES string of the molecule is O=C(c1cc(Br)c(O)c(Br)c1)N1CCOc2ncc(C3CC3)cc21. The van der Waals surface area contributed by atoms with Gasteiger partial charge in [-0.05, 0) is 74.4 Å². The highest BCUT2D eigenvalue weighted by Gasteiger charge is 2.30. The van der Waals surface area contributed by atoms with Crippen molar-refractivity contribution in [3.05, 3.63) is 44.5 Å². The molecule has 1 amide bonds. The van der Waals surface area contributed by atoms with Gasteiger partial charge in [-0.25, -0.2) is 4.98 Å². The average molecular weight is 454 g/mol. The number of phenolic OH excluding ortho intramolecular Hbond substituents is 1. The van der Waals surface area contributed by atoms with E-state index in [1.165, 1.54) is 12.8 Å². The standard InChI is InChI=1S/C17H14Br2N2O3/c18-12-5-10(6-13(19)15(12)22)17(23)21-3-4-24-16-14(21)7-11(8-20-16)9-1-2-9/h5-9,22H,1-4H2. The summed E-state index contributed by atoms with van der Waals surface area (Å²) in [5, 5.41) is 9.84. The molecule has 0 spiro atoms. The molecule has 24 heavy (non-hydrogen) atoms. The Labute approximate surface area is 155 Å². The quantitative estimate of drug-likeness (QED) is 0.739. The highest BCUT2D eigenvalue weighted by molar-refractivity contribution is 9.11. The number of carbonyl (C=O) groups excluding carboxylic acids is 1. The van der Waals surface area contributed by atoms with Crippen LogP contribution in [-0.2, 0) is 0 Å². The number of carbonyl (C=O) groups is 1. The Bertz CT molecular complexity index is 814. The minimum Gasteiger partial charge on any atom is -0.506 e. The van der Waals surface area contributed by atoms with E-state index in [-0.39, 0.29) is 11.7 Å². The number of anilines is 1. The van der Waals surface area contributed by atoms with Crippen LogP contribution < -0.4 is 9.64 Å². The zero-order chi connectivity index (χ0) is 16.8. The first kappa shape index (κ1) is 15.9. The minimum atomic E-state index is -0.143. The molecule has 0 bridgehead atoms. The third kappa shape index (κ3) is 2.80. The molecule has 2 aromatic rings. The number of benzene rings is 1. The number of ether oxygens (including phenoxy) is 1. The molecule has 1 aliphatic heterocycles. The van der Waals surface area contributed by atoms with E-state index in [0.717, 1.165) is 11.3 Å². The molecular weight excluding hydrogens is 440 g/mol. The smallest absolute Gasteiger partial charge is 0.258 e. The molecule has 0 unspecified atom stereocenters. The number of hydrogen-bond acceptors (Lipinski definition) is 4. The third-order valence-corrected chi connectivity index (χ3v) is 5.46. The number of nitrogens with zero attached hydrogens (tertiary/aromatic N) is 2. The Hall–Kier alpha value is -1.60. The van der Waals surface area contributed by atoms with Crippen molar-refractivity contribution < 1.29 is 14.6 Å². The Morgan fingerprint density at radius 1 is 1.25 bits per heavy atom. The molecule has 1 saturated carbocycles. The lowest BCUT2D eigenvalue weighted by molar-refractivity contribution is 0.0975. The minimum absolute atomic E-state index is 0.0756. The number of phenols is 1. The van der Waals surface area contributed by atoms with Crippen LogP contribution in [0.15, 0.2) is 33.3 Å². The molecule has 1 fully saturated rings. The summed E-state index contributed by atoms with van der Waals surface area (Å²) in [6, 6.07) is 5.26. The summed E-state index contributed by atoms with van der Waals surface area (Å²) in [6.07, 6.45) is 4.19. The molecule has 1 N–H and O–H groups in total. The van der Waals surface area contributed by atoms with Gasteiger partial charge in [0.05, 0.1) is 15.5 Å². The molecule has 124 valence electrons. The Morgan fingerprint density at radius 2 is 1.96 bits per heavy atom. The Balaban J connectivity index is 1.72. The predicted octanol–water partition coefficient (Wildman–Crippen LogP) is 4.23. The van der Waals surface area contributed by atoms with Crippen LogP contribution in [0.1, 0.15) is 34.7 Å². The number of fused-ring (bicyclic) bond motifs is 1. The number of halogens is 2. The van der Waals surface area contributed by atoms with Crippen molar-refractivity contribution in [2.75, 3.05) is 18.1 Å². The van der Waals surface area contributed by atoms with Crippen molar-refractivity contribution in [2.45, 2.75) is 18.8 Å². The summed E-state index contributed by atoms with van der Waals surface area (Å²) in [4.78, 5) is 19.1. The largest absolute Gasteiger partial charge is 0.506 e. The van der Waals surface area contributed by atoms with Gasteiger partial charge in [0.25, 0.3) is 5.91 Å². The molecule has 4 rings (SSSR count). The van der Waals surface area contributed by atoms with Gasteiger partial charge in [-0.1, -0.05) is 0 Å². The highest BCUT2D eigenvalue weighted by Crippen LogP contribution is 2.43. The number of aromatic hydroxyl groups is 1. The van der Waals surface area contributed by atoms with Gasteiger partial charge in [-0.3, -0.25) is 4.79 Å². The molecule has 0 radical (unpaired) electrons. The van der Waals surface area contributed by atoms with Crippen LogP contribution in [-0.4, -0.2) is 29.1 Å². The van der Waals surface area contributed by atoms with Crippen molar-refractivity contribution in [3.63, 3.8) is 0 Å². The number of hydrogen-bond donors (Lipinski definition) is 1. The van der Waals surface area contributed by atoms with E-state index >= 15 is 0 Å². The van der Waals surface area contributed by atoms with Gasteiger partial charge in [-0.15, -0.1) is 0 Å². The molecule has 0 saturated heterocycles. The van der Waals surface area contributed by atoms with Crippen LogP contribution >= 0.6 is 31.9 Å². The van der Waals surface area contributed by atoms with Crippen molar-refractivity contribution in [2.24, 2.45) is 0 Å². The summed E-state index contributed by atoms with van der Waals surface area (Å²) in [7, 11) is 0. The maximum Gasteiger partial charge on any atom is 0.258 e. The molecule has 0 atom stereocenters. The molecular formula is C17H14Br2N2O3. The van der Waals surface area contributed by atoms with Crippen LogP contribution in [0.3, 0.4) is 0 Å². The summed E-state index contributed by atoms with van der Waals surface area (Å²) in [5.74, 6) is 0.983. The number of pyridine rings is 1. The van der Waals surface area contributed by atoms with Crippen molar-refractivity contribution in [1.82, 2.24) is 4.98 Å². The fraction of sp³-hybridized carbons (Fsp3) is 0.294. The van der Waals surface area contributed by atoms with E-state index < -0.39 is 0 Å². The first-order valence-electron chi connectivity index (χ1n) is 7.67. The normalized spacial score (nSPS) is 16.5. The lowest BCUT2D eigenvalue weighted by Crippen LogP contribution is -2.38. The Kier molecular flexibility index (Phi) is 4.00. The zero-order valence-electron chi connectivity index (χ0n) is 12.6. The van der Waals surface area contributed by atoms with Crippen LogP contribution in [0.25, 0.3) is 0 Å². The predicted molar refractivity (Wildman–Crippen MR) is 96.9 cm³/mol. The molecule has 2 heterocycles. The second-order valence-electron chi connectivity index (χ2n) is 5.96. The molecule has 1 aromatic carbocycles. The van der Waals surface area contributed by atoms with Crippen molar-refractivity contribution >= 4 is 43.5 Å². The average Bonchev–Trinajstić information content (AvgIpc) is 3.42. The number of amides is 1. The van der Waals surface area contributed by atoms with Crippen molar-refractivity contribution in [1.29, 1.82) is 0 Å². The Morgan fingerprint density at radius 3 is 2.62 bits per heavy atom. The second-order valence-corrected chi connectivity index (χ2v) is 7.67. The summed E-state index contributed by atoms with van der Waals surface area (Å²) in [5.41, 5.74) is 2.36. The maximum absolute atomic E-state index is 13.0. The molecule has 1 aliphatic carbocycles. The van der Waals surface area contributed by atoms with Gasteiger partial charge in [0.2, 0.25) is 5.88 Å². The highest BCUT2D eigenvalue weighted by atomic mass is 79.9. The molecule has 7 heteroatoms. The van der Waals surface area contributed by atoms with Gasteiger partial charge in [0, 0.05) is 11.8 Å². The lowest BCUT2D eigenvalue weighted by Gasteiger charge is -2.29. The van der Waals surface area contributed by atoms with Gasteiger partial charge >= 0.3 is 0 Å². The van der Waals surface area contributed by atoms with Crippen LogP contribution in [0.4, 0.5) is 5.69 Å². The summed E-state index contributed by atoms with van der Waals surface area (Å²) in [6.45, 7) is 0.882. The number of rotatable bonds is 2. The first-order chi connectivity index (χ1) is 11.5. The van der Waals surface area contributed by atoms with Crippen LogP contribution in [0, 0.1) is 0 Å². The van der Waals surface area contributed by atoms with Gasteiger partial charge in [0.1, 0.15) is 18.0 Å². The molecule has 5 nitrogen and oxygen atoms in total. The van der Waals surface area contributed by atoms with Crippen molar-refractivity contribution in [3.8, 4) is 11.6 Å². The fourth-order valence-corrected chi connectivity index (χ4v) is 4.00. The van der Waals surface area contributed by atoms with E-state index in [1.807, 2.05) is 12.3 Å². The van der Waals surface area contributed by atoms with Crippen LogP contribution in [0.5, 0.6) is 11.6 Å². The van der Waals surface area contributed by atoms with E-state index in [2.05, 4.69) is 36.8 Å². The zero-order valence-corrected chi connectivity index (χ0v) is 15.8. The van der Waals surface area contributed by atoms with E-state index in [0.29, 0.717) is 39.5 Å². The van der Waals surface area contributed by atoms with Gasteiger partial charge in [-0.2, -0.15) is 0 Å². The lowest BCUT2D eigenvalue weighted by atomic mass is 10.1. The van der Waals surface area contributed by atoms with E-state index in [9.17, 15) is 9.90 Å². The summed E-state index contributed by atoms with van der Waals surface area (Å²) < 4.78 is 6.54. The van der Waals surface area contributed by atoms with E-state index in [4.69, 9.17) is 4.74 Å². The topological polar surface area (TPSA) is 62.7 Å². The summed E-state index contributed by atoms with van der Waals surface area (Å²) >= 11 is 6.54. The van der Waals surface area contributed by atoms with Gasteiger partial charge in [0.15, 0.2) is 0 Å². The van der Waals surface area contributed by atoms with E-state index in [1.54, 1.807) is 17.0 Å². The molecule has 2 aliphatic rings. The monoisotopic (exact) mass is 452 g/mol. The number of aromatic nitrogens is 1. The second kappa shape index (κ2) is 6.04.